The highest BCUT2D eigenvalue weighted by Crippen LogP contribution is 2.20. The van der Waals surface area contributed by atoms with Crippen molar-refractivity contribution in [1.29, 1.82) is 0 Å². The zero-order valence-electron chi connectivity index (χ0n) is 11.0. The monoisotopic (exact) mass is 266 g/mol. The van der Waals surface area contributed by atoms with Crippen LogP contribution in [0, 0.1) is 6.92 Å². The van der Waals surface area contributed by atoms with Crippen molar-refractivity contribution in [2.75, 3.05) is 6.54 Å². The molecule has 1 aliphatic rings. The Kier molecular flexibility index (Phi) is 4.19. The van der Waals surface area contributed by atoms with E-state index in [1.165, 1.54) is 11.1 Å². The van der Waals surface area contributed by atoms with Crippen LogP contribution < -0.4 is 0 Å². The molecule has 1 saturated heterocycles. The fraction of sp³-hybridized carbons (Fsp3) is 0.615. The predicted molar refractivity (Wildman–Crippen MR) is 66.8 cm³/mol. The van der Waals surface area contributed by atoms with Crippen molar-refractivity contribution in [3.05, 3.63) is 17.5 Å². The standard InChI is InChI=1S/C13H18N2O4/c1-9-8-14-19-11(9)12(16)15-7-5-3-2-4-6-10(15)13(17)18/h8,10H,2-7H2,1H3,(H,17,18). The lowest BCUT2D eigenvalue weighted by atomic mass is 10.0. The van der Waals surface area contributed by atoms with Gasteiger partial charge in [0.15, 0.2) is 0 Å². The van der Waals surface area contributed by atoms with Crippen molar-refractivity contribution in [1.82, 2.24) is 10.1 Å². The summed E-state index contributed by atoms with van der Waals surface area (Å²) in [7, 11) is 0. The second kappa shape index (κ2) is 5.86. The van der Waals surface area contributed by atoms with Gasteiger partial charge in [0.25, 0.3) is 5.91 Å². The molecule has 6 nitrogen and oxygen atoms in total. The molecule has 19 heavy (non-hydrogen) atoms. The van der Waals surface area contributed by atoms with E-state index in [4.69, 9.17) is 4.52 Å². The Labute approximate surface area is 111 Å². The summed E-state index contributed by atoms with van der Waals surface area (Å²) in [6, 6.07) is -0.766. The van der Waals surface area contributed by atoms with Crippen LogP contribution in [0.4, 0.5) is 0 Å². The van der Waals surface area contributed by atoms with Gasteiger partial charge in [-0.3, -0.25) is 4.79 Å². The Morgan fingerprint density at radius 3 is 2.74 bits per heavy atom. The van der Waals surface area contributed by atoms with Gasteiger partial charge in [0.2, 0.25) is 5.76 Å². The highest BCUT2D eigenvalue weighted by Gasteiger charge is 2.32. The molecule has 2 rings (SSSR count). The van der Waals surface area contributed by atoms with Crippen LogP contribution in [0.1, 0.15) is 48.2 Å². The van der Waals surface area contributed by atoms with Crippen molar-refractivity contribution < 1.29 is 19.2 Å². The molecule has 1 N–H and O–H groups in total. The van der Waals surface area contributed by atoms with Gasteiger partial charge in [0, 0.05) is 12.1 Å². The molecular weight excluding hydrogens is 248 g/mol. The van der Waals surface area contributed by atoms with Crippen LogP contribution in [0.5, 0.6) is 0 Å². The molecule has 1 amide bonds. The second-order valence-corrected chi connectivity index (χ2v) is 4.89. The van der Waals surface area contributed by atoms with Gasteiger partial charge in [-0.2, -0.15) is 0 Å². The highest BCUT2D eigenvalue weighted by atomic mass is 16.5. The smallest absolute Gasteiger partial charge is 0.326 e. The number of carboxylic acids is 1. The minimum atomic E-state index is -0.951. The van der Waals surface area contributed by atoms with E-state index in [1.807, 2.05) is 0 Å². The summed E-state index contributed by atoms with van der Waals surface area (Å²) in [4.78, 5) is 25.2. The molecule has 6 heteroatoms. The number of likely N-dealkylation sites (tertiary alicyclic amines) is 1. The van der Waals surface area contributed by atoms with Crippen LogP contribution in [0.15, 0.2) is 10.7 Å². The van der Waals surface area contributed by atoms with E-state index < -0.39 is 12.0 Å². The molecule has 0 radical (unpaired) electrons. The van der Waals surface area contributed by atoms with E-state index >= 15 is 0 Å². The molecule has 0 aromatic carbocycles. The van der Waals surface area contributed by atoms with Gasteiger partial charge in [-0.15, -0.1) is 0 Å². The third kappa shape index (κ3) is 2.94. The highest BCUT2D eigenvalue weighted by molar-refractivity contribution is 5.95. The number of carbonyl (C=O) groups is 2. The third-order valence-corrected chi connectivity index (χ3v) is 3.49. The zero-order valence-corrected chi connectivity index (χ0v) is 11.0. The zero-order chi connectivity index (χ0) is 13.8. The van der Waals surface area contributed by atoms with E-state index in [2.05, 4.69) is 5.16 Å². The molecule has 104 valence electrons. The molecule has 1 aromatic rings. The first kappa shape index (κ1) is 13.6. The normalized spacial score (nSPS) is 20.7. The van der Waals surface area contributed by atoms with E-state index in [-0.39, 0.29) is 11.7 Å². The van der Waals surface area contributed by atoms with Gasteiger partial charge in [-0.25, -0.2) is 4.79 Å². The summed E-state index contributed by atoms with van der Waals surface area (Å²) in [5.74, 6) is -1.18. The number of hydrogen-bond acceptors (Lipinski definition) is 4. The van der Waals surface area contributed by atoms with Crippen molar-refractivity contribution >= 4 is 11.9 Å². The Hall–Kier alpha value is -1.85. The summed E-state index contributed by atoms with van der Waals surface area (Å²) >= 11 is 0. The summed E-state index contributed by atoms with van der Waals surface area (Å²) < 4.78 is 4.95. The predicted octanol–water partition coefficient (Wildman–Crippen LogP) is 1.84. The molecule has 1 aromatic heterocycles. The maximum atomic E-state index is 12.4. The van der Waals surface area contributed by atoms with Crippen LogP contribution in [0.2, 0.25) is 0 Å². The Balaban J connectivity index is 2.24. The minimum absolute atomic E-state index is 0.145. The first-order chi connectivity index (χ1) is 9.11. The number of rotatable bonds is 2. The summed E-state index contributed by atoms with van der Waals surface area (Å²) in [5.41, 5.74) is 0.635. The van der Waals surface area contributed by atoms with E-state index in [0.29, 0.717) is 18.5 Å². The lowest BCUT2D eigenvalue weighted by molar-refractivity contribution is -0.142. The van der Waals surface area contributed by atoms with Crippen molar-refractivity contribution in [3.8, 4) is 0 Å². The second-order valence-electron chi connectivity index (χ2n) is 4.89. The Morgan fingerprint density at radius 2 is 2.11 bits per heavy atom. The molecule has 1 fully saturated rings. The van der Waals surface area contributed by atoms with Crippen LogP contribution >= 0.6 is 0 Å². The van der Waals surface area contributed by atoms with Crippen LogP contribution in [-0.4, -0.2) is 39.6 Å². The molecule has 2 heterocycles. The largest absolute Gasteiger partial charge is 0.480 e. The lowest BCUT2D eigenvalue weighted by Crippen LogP contribution is -2.46. The molecule has 0 bridgehead atoms. The lowest BCUT2D eigenvalue weighted by Gasteiger charge is -2.30. The number of aliphatic carboxylic acids is 1. The quantitative estimate of drug-likeness (QED) is 0.883. The van der Waals surface area contributed by atoms with E-state index in [0.717, 1.165) is 25.7 Å². The van der Waals surface area contributed by atoms with Crippen molar-refractivity contribution in [3.63, 3.8) is 0 Å². The Bertz CT molecular complexity index is 469. The molecular formula is C13H18N2O4. The van der Waals surface area contributed by atoms with Crippen molar-refractivity contribution in [2.45, 2.75) is 45.1 Å². The van der Waals surface area contributed by atoms with Gasteiger partial charge in [-0.05, 0) is 19.8 Å². The minimum Gasteiger partial charge on any atom is -0.480 e. The first-order valence-electron chi connectivity index (χ1n) is 6.56. The van der Waals surface area contributed by atoms with Gasteiger partial charge in [-0.1, -0.05) is 24.4 Å². The summed E-state index contributed by atoms with van der Waals surface area (Å²) in [5, 5.41) is 12.9. The third-order valence-electron chi connectivity index (χ3n) is 3.49. The SMILES string of the molecule is Cc1cnoc1C(=O)N1CCCCCCC1C(=O)O. The number of amides is 1. The van der Waals surface area contributed by atoms with E-state index in [1.54, 1.807) is 6.92 Å². The molecule has 1 aliphatic heterocycles. The van der Waals surface area contributed by atoms with Gasteiger partial charge < -0.3 is 14.5 Å². The van der Waals surface area contributed by atoms with Crippen LogP contribution in [0.3, 0.4) is 0 Å². The van der Waals surface area contributed by atoms with Crippen LogP contribution in [-0.2, 0) is 4.79 Å². The summed E-state index contributed by atoms with van der Waals surface area (Å²) in [6.07, 6.45) is 5.65. The molecule has 1 unspecified atom stereocenters. The maximum Gasteiger partial charge on any atom is 0.326 e. The molecule has 0 saturated carbocycles. The van der Waals surface area contributed by atoms with Crippen LogP contribution in [0.25, 0.3) is 0 Å². The average molecular weight is 266 g/mol. The topological polar surface area (TPSA) is 83.6 Å². The fourth-order valence-corrected chi connectivity index (χ4v) is 2.41. The van der Waals surface area contributed by atoms with E-state index in [9.17, 15) is 14.7 Å². The first-order valence-corrected chi connectivity index (χ1v) is 6.56. The number of aryl methyl sites for hydroxylation is 1. The number of nitrogens with zero attached hydrogens (tertiary/aromatic N) is 2. The molecule has 0 spiro atoms. The maximum absolute atomic E-state index is 12.4. The number of carboxylic acid groups (broad SMARTS) is 1. The average Bonchev–Trinajstić information content (AvgIpc) is 2.74. The van der Waals surface area contributed by atoms with Gasteiger partial charge >= 0.3 is 5.97 Å². The molecule has 0 aliphatic carbocycles. The van der Waals surface area contributed by atoms with Gasteiger partial charge in [0.1, 0.15) is 6.04 Å². The van der Waals surface area contributed by atoms with Crippen molar-refractivity contribution in [2.24, 2.45) is 0 Å². The number of carbonyl (C=O) groups excluding carboxylic acids is 1. The van der Waals surface area contributed by atoms with Gasteiger partial charge in [0.05, 0.1) is 6.20 Å². The molecule has 1 atom stereocenters. The number of aromatic nitrogens is 1. The Morgan fingerprint density at radius 1 is 1.37 bits per heavy atom. The fourth-order valence-electron chi connectivity index (χ4n) is 2.41. The summed E-state index contributed by atoms with van der Waals surface area (Å²) in [6.45, 7) is 2.18. The number of hydrogen-bond donors (Lipinski definition) is 1.